The Morgan fingerprint density at radius 1 is 1.39 bits per heavy atom. The molecule has 0 bridgehead atoms. The van der Waals surface area contributed by atoms with Crippen molar-refractivity contribution in [2.75, 3.05) is 25.5 Å². The summed E-state index contributed by atoms with van der Waals surface area (Å²) in [6.45, 7) is 5.14. The lowest BCUT2D eigenvalue weighted by molar-refractivity contribution is -0.119. The average Bonchev–Trinajstić information content (AvgIpc) is 2.37. The van der Waals surface area contributed by atoms with E-state index in [0.29, 0.717) is 6.54 Å². The van der Waals surface area contributed by atoms with Crippen LogP contribution in [0.3, 0.4) is 0 Å². The van der Waals surface area contributed by atoms with Crippen molar-refractivity contribution in [2.24, 2.45) is 0 Å². The normalized spacial score (nSPS) is 9.94. The van der Waals surface area contributed by atoms with E-state index in [0.717, 1.165) is 36.4 Å². The Morgan fingerprint density at radius 3 is 2.78 bits per heavy atom. The Balaban J connectivity index is 2.41. The molecule has 0 atom stereocenters. The van der Waals surface area contributed by atoms with Gasteiger partial charge in [-0.15, -0.1) is 0 Å². The van der Waals surface area contributed by atoms with Crippen LogP contribution in [0.2, 0.25) is 0 Å². The topological polar surface area (TPSA) is 50.4 Å². The van der Waals surface area contributed by atoms with E-state index in [1.807, 2.05) is 25.1 Å². The first-order valence-corrected chi connectivity index (χ1v) is 6.32. The summed E-state index contributed by atoms with van der Waals surface area (Å²) >= 11 is 0. The van der Waals surface area contributed by atoms with Crippen molar-refractivity contribution in [2.45, 2.75) is 26.7 Å². The van der Waals surface area contributed by atoms with Gasteiger partial charge in [0.1, 0.15) is 5.75 Å². The summed E-state index contributed by atoms with van der Waals surface area (Å²) in [4.78, 5) is 11.5. The Hall–Kier alpha value is -1.71. The van der Waals surface area contributed by atoms with E-state index < -0.39 is 0 Å². The van der Waals surface area contributed by atoms with Gasteiger partial charge in [-0.3, -0.25) is 4.79 Å². The lowest BCUT2D eigenvalue weighted by atomic mass is 10.2. The number of ether oxygens (including phenoxy) is 1. The number of carbonyl (C=O) groups excluding carboxylic acids is 1. The molecule has 0 saturated heterocycles. The third-order valence-electron chi connectivity index (χ3n) is 2.73. The van der Waals surface area contributed by atoms with E-state index >= 15 is 0 Å². The molecule has 0 spiro atoms. The zero-order chi connectivity index (χ0) is 13.4. The molecule has 0 aromatic heterocycles. The van der Waals surface area contributed by atoms with Gasteiger partial charge in [-0.25, -0.2) is 0 Å². The van der Waals surface area contributed by atoms with Gasteiger partial charge < -0.3 is 15.4 Å². The fourth-order valence-corrected chi connectivity index (χ4v) is 1.60. The van der Waals surface area contributed by atoms with Gasteiger partial charge in [0.25, 0.3) is 0 Å². The maximum absolute atomic E-state index is 11.5. The van der Waals surface area contributed by atoms with Crippen molar-refractivity contribution in [1.29, 1.82) is 0 Å². The second-order valence-electron chi connectivity index (χ2n) is 4.24. The van der Waals surface area contributed by atoms with Crippen molar-refractivity contribution in [1.82, 2.24) is 5.32 Å². The molecule has 18 heavy (non-hydrogen) atoms. The summed E-state index contributed by atoms with van der Waals surface area (Å²) in [6.07, 6.45) is 2.11. The van der Waals surface area contributed by atoms with E-state index in [4.69, 9.17) is 4.74 Å². The maximum Gasteiger partial charge on any atom is 0.239 e. The second-order valence-corrected chi connectivity index (χ2v) is 4.24. The molecule has 1 rings (SSSR count). The summed E-state index contributed by atoms with van der Waals surface area (Å²) in [6, 6.07) is 5.75. The monoisotopic (exact) mass is 250 g/mol. The Labute approximate surface area is 109 Å². The third kappa shape index (κ3) is 4.65. The van der Waals surface area contributed by atoms with Crippen molar-refractivity contribution >= 4 is 11.6 Å². The largest absolute Gasteiger partial charge is 0.497 e. The fourth-order valence-electron chi connectivity index (χ4n) is 1.60. The molecule has 0 unspecified atom stereocenters. The number of hydrogen-bond donors (Lipinski definition) is 2. The van der Waals surface area contributed by atoms with Crippen molar-refractivity contribution in [3.8, 4) is 5.75 Å². The van der Waals surface area contributed by atoms with Crippen molar-refractivity contribution in [3.05, 3.63) is 23.8 Å². The van der Waals surface area contributed by atoms with Gasteiger partial charge in [0.05, 0.1) is 13.7 Å². The molecule has 2 N–H and O–H groups in total. The zero-order valence-electron chi connectivity index (χ0n) is 11.4. The van der Waals surface area contributed by atoms with Crippen LogP contribution >= 0.6 is 0 Å². The van der Waals surface area contributed by atoms with Crippen LogP contribution in [0.15, 0.2) is 18.2 Å². The summed E-state index contributed by atoms with van der Waals surface area (Å²) in [5.74, 6) is 0.851. The number of benzene rings is 1. The predicted octanol–water partition coefficient (Wildman–Crippen LogP) is 2.33. The van der Waals surface area contributed by atoms with Crippen LogP contribution in [0.4, 0.5) is 5.69 Å². The van der Waals surface area contributed by atoms with Gasteiger partial charge in [0.15, 0.2) is 0 Å². The SMILES string of the molecule is CCCCNC(=O)CNc1ccc(OC)cc1C. The minimum Gasteiger partial charge on any atom is -0.497 e. The van der Waals surface area contributed by atoms with Crippen LogP contribution in [-0.2, 0) is 4.79 Å². The lowest BCUT2D eigenvalue weighted by Crippen LogP contribution is -2.30. The number of anilines is 1. The molecule has 0 saturated carbocycles. The highest BCUT2D eigenvalue weighted by Gasteiger charge is 2.03. The standard InChI is InChI=1S/C14H22N2O2/c1-4-5-8-15-14(17)10-16-13-7-6-12(18-3)9-11(13)2/h6-7,9,16H,4-5,8,10H2,1-3H3,(H,15,17). The van der Waals surface area contributed by atoms with Gasteiger partial charge in [0.2, 0.25) is 5.91 Å². The number of unbranched alkanes of at least 4 members (excludes halogenated alkanes) is 1. The highest BCUT2D eigenvalue weighted by atomic mass is 16.5. The number of hydrogen-bond acceptors (Lipinski definition) is 3. The first-order valence-electron chi connectivity index (χ1n) is 6.32. The molecule has 0 fully saturated rings. The fraction of sp³-hybridized carbons (Fsp3) is 0.500. The van der Waals surface area contributed by atoms with E-state index in [1.54, 1.807) is 7.11 Å². The van der Waals surface area contributed by atoms with E-state index in [1.165, 1.54) is 0 Å². The van der Waals surface area contributed by atoms with Gasteiger partial charge in [-0.2, -0.15) is 0 Å². The zero-order valence-corrected chi connectivity index (χ0v) is 11.4. The molecule has 0 aliphatic rings. The molecule has 0 heterocycles. The number of aryl methyl sites for hydroxylation is 1. The molecule has 1 aromatic rings. The summed E-state index contributed by atoms with van der Waals surface area (Å²) in [7, 11) is 1.64. The molecule has 100 valence electrons. The highest BCUT2D eigenvalue weighted by Crippen LogP contribution is 2.20. The van der Waals surface area contributed by atoms with Crippen LogP contribution in [0.25, 0.3) is 0 Å². The Bertz CT molecular complexity index is 391. The van der Waals surface area contributed by atoms with E-state index in [2.05, 4.69) is 17.6 Å². The highest BCUT2D eigenvalue weighted by molar-refractivity contribution is 5.80. The molecule has 0 radical (unpaired) electrons. The van der Waals surface area contributed by atoms with E-state index in [-0.39, 0.29) is 5.91 Å². The maximum atomic E-state index is 11.5. The Morgan fingerprint density at radius 2 is 2.17 bits per heavy atom. The van der Waals surface area contributed by atoms with Crippen LogP contribution in [0.1, 0.15) is 25.3 Å². The minimum absolute atomic E-state index is 0.0265. The number of nitrogens with one attached hydrogen (secondary N) is 2. The van der Waals surface area contributed by atoms with Crippen LogP contribution in [0, 0.1) is 6.92 Å². The van der Waals surface area contributed by atoms with E-state index in [9.17, 15) is 4.79 Å². The molecular formula is C14H22N2O2. The minimum atomic E-state index is 0.0265. The van der Waals surface area contributed by atoms with Gasteiger partial charge in [-0.05, 0) is 37.1 Å². The summed E-state index contributed by atoms with van der Waals surface area (Å²) < 4.78 is 5.13. The van der Waals surface area contributed by atoms with Gasteiger partial charge >= 0.3 is 0 Å². The first kappa shape index (κ1) is 14.4. The molecule has 4 heteroatoms. The Kier molecular flexibility index (Phi) is 6.05. The van der Waals surface area contributed by atoms with Crippen LogP contribution in [-0.4, -0.2) is 26.1 Å². The molecule has 1 aromatic carbocycles. The predicted molar refractivity (Wildman–Crippen MR) is 74.1 cm³/mol. The van der Waals surface area contributed by atoms with Gasteiger partial charge in [0, 0.05) is 12.2 Å². The molecule has 0 aliphatic carbocycles. The molecule has 0 aliphatic heterocycles. The number of rotatable bonds is 7. The lowest BCUT2D eigenvalue weighted by Gasteiger charge is -2.11. The number of methoxy groups -OCH3 is 1. The average molecular weight is 250 g/mol. The van der Waals surface area contributed by atoms with Gasteiger partial charge in [-0.1, -0.05) is 13.3 Å². The molecule has 1 amide bonds. The smallest absolute Gasteiger partial charge is 0.239 e. The van der Waals surface area contributed by atoms with Crippen LogP contribution in [0.5, 0.6) is 5.75 Å². The van der Waals surface area contributed by atoms with Crippen LogP contribution < -0.4 is 15.4 Å². The summed E-state index contributed by atoms with van der Waals surface area (Å²) in [5, 5.41) is 5.99. The quantitative estimate of drug-likeness (QED) is 0.730. The number of carbonyl (C=O) groups is 1. The summed E-state index contributed by atoms with van der Waals surface area (Å²) in [5.41, 5.74) is 2.03. The third-order valence-corrected chi connectivity index (χ3v) is 2.73. The second kappa shape index (κ2) is 7.58. The molecular weight excluding hydrogens is 228 g/mol. The van der Waals surface area contributed by atoms with Crippen molar-refractivity contribution < 1.29 is 9.53 Å². The first-order chi connectivity index (χ1) is 8.67. The van der Waals surface area contributed by atoms with Crippen molar-refractivity contribution in [3.63, 3.8) is 0 Å². The molecule has 4 nitrogen and oxygen atoms in total. The number of amides is 1.